The fourth-order valence-corrected chi connectivity index (χ4v) is 1.57. The molecule has 17 heavy (non-hydrogen) atoms. The van der Waals surface area contributed by atoms with E-state index in [0.717, 1.165) is 17.3 Å². The molecule has 88 valence electrons. The molecule has 2 heterocycles. The second kappa shape index (κ2) is 5.30. The Morgan fingerprint density at radius 2 is 2.24 bits per heavy atom. The monoisotopic (exact) mass is 229 g/mol. The molecule has 0 saturated carbocycles. The summed E-state index contributed by atoms with van der Waals surface area (Å²) in [4.78, 5) is 8.48. The third-order valence-corrected chi connectivity index (χ3v) is 2.46. The Labute approximate surface area is 100 Å². The van der Waals surface area contributed by atoms with Crippen LogP contribution in [0.25, 0.3) is 0 Å². The lowest BCUT2D eigenvalue weighted by molar-refractivity contribution is 0.548. The molecule has 0 radical (unpaired) electrons. The molecule has 0 aromatic carbocycles. The molecular weight excluding hydrogens is 214 g/mol. The molecule has 0 aliphatic rings. The molecule has 0 unspecified atom stereocenters. The Balaban J connectivity index is 2.11. The van der Waals surface area contributed by atoms with Crippen molar-refractivity contribution in [3.8, 4) is 0 Å². The second-order valence-electron chi connectivity index (χ2n) is 3.67. The van der Waals surface area contributed by atoms with Gasteiger partial charge in [-0.05, 0) is 31.2 Å². The number of amidine groups is 1. The second-order valence-corrected chi connectivity index (χ2v) is 3.67. The Bertz CT molecular complexity index is 477. The van der Waals surface area contributed by atoms with E-state index >= 15 is 0 Å². The van der Waals surface area contributed by atoms with Gasteiger partial charge in [-0.1, -0.05) is 6.07 Å². The maximum atomic E-state index is 5.31. The van der Waals surface area contributed by atoms with Crippen molar-refractivity contribution >= 4 is 5.84 Å². The molecule has 2 aromatic heterocycles. The summed E-state index contributed by atoms with van der Waals surface area (Å²) in [7, 11) is 1.73. The topological polar surface area (TPSA) is 50.4 Å². The molecule has 0 aliphatic carbocycles. The van der Waals surface area contributed by atoms with Crippen molar-refractivity contribution in [3.05, 3.63) is 54.2 Å². The zero-order valence-electron chi connectivity index (χ0n) is 9.92. The van der Waals surface area contributed by atoms with E-state index in [1.54, 1.807) is 19.5 Å². The molecule has 0 fully saturated rings. The average Bonchev–Trinajstić information content (AvgIpc) is 2.90. The van der Waals surface area contributed by atoms with Gasteiger partial charge in [-0.3, -0.25) is 9.98 Å². The van der Waals surface area contributed by atoms with E-state index in [1.807, 2.05) is 37.3 Å². The summed E-state index contributed by atoms with van der Waals surface area (Å²) < 4.78 is 5.31. The number of aliphatic imine (C=N–C) groups is 1. The van der Waals surface area contributed by atoms with Gasteiger partial charge in [0.1, 0.15) is 0 Å². The van der Waals surface area contributed by atoms with E-state index in [1.165, 1.54) is 0 Å². The highest BCUT2D eigenvalue weighted by atomic mass is 16.3. The predicted octanol–water partition coefficient (Wildman–Crippen LogP) is 2.40. The third kappa shape index (κ3) is 2.72. The van der Waals surface area contributed by atoms with E-state index in [-0.39, 0.29) is 6.04 Å². The lowest BCUT2D eigenvalue weighted by Gasteiger charge is -2.14. The minimum Gasteiger partial charge on any atom is -0.461 e. The van der Waals surface area contributed by atoms with Crippen LogP contribution in [-0.4, -0.2) is 17.9 Å². The number of nitrogens with zero attached hydrogens (tertiary/aromatic N) is 2. The summed E-state index contributed by atoms with van der Waals surface area (Å²) in [5, 5.41) is 3.28. The molecule has 4 heteroatoms. The fraction of sp³-hybridized carbons (Fsp3) is 0.231. The van der Waals surface area contributed by atoms with Crippen LogP contribution in [0.5, 0.6) is 0 Å². The summed E-state index contributed by atoms with van der Waals surface area (Å²) >= 11 is 0. The highest BCUT2D eigenvalue weighted by Gasteiger charge is 2.11. The van der Waals surface area contributed by atoms with E-state index in [2.05, 4.69) is 15.3 Å². The number of furan rings is 1. The average molecular weight is 229 g/mol. The first-order valence-corrected chi connectivity index (χ1v) is 5.49. The Hall–Kier alpha value is -2.10. The molecule has 2 aromatic rings. The first kappa shape index (κ1) is 11.4. The Kier molecular flexibility index (Phi) is 3.55. The third-order valence-electron chi connectivity index (χ3n) is 2.46. The van der Waals surface area contributed by atoms with Crippen LogP contribution in [0, 0.1) is 0 Å². The fourth-order valence-electron chi connectivity index (χ4n) is 1.57. The van der Waals surface area contributed by atoms with Crippen LogP contribution in [0.1, 0.15) is 24.4 Å². The number of rotatable bonds is 3. The van der Waals surface area contributed by atoms with Gasteiger partial charge in [0.25, 0.3) is 0 Å². The molecule has 0 amide bonds. The van der Waals surface area contributed by atoms with Crippen LogP contribution < -0.4 is 5.32 Å². The maximum Gasteiger partial charge on any atom is 0.168 e. The molecule has 1 N–H and O–H groups in total. The van der Waals surface area contributed by atoms with Crippen LogP contribution >= 0.6 is 0 Å². The molecule has 0 bridgehead atoms. The van der Waals surface area contributed by atoms with E-state index < -0.39 is 0 Å². The van der Waals surface area contributed by atoms with Crippen molar-refractivity contribution in [1.29, 1.82) is 0 Å². The maximum absolute atomic E-state index is 5.31. The first-order valence-electron chi connectivity index (χ1n) is 5.49. The largest absolute Gasteiger partial charge is 0.461 e. The summed E-state index contributed by atoms with van der Waals surface area (Å²) in [5.41, 5.74) is 0.972. The highest BCUT2D eigenvalue weighted by Crippen LogP contribution is 2.10. The van der Waals surface area contributed by atoms with E-state index in [4.69, 9.17) is 4.42 Å². The summed E-state index contributed by atoms with van der Waals surface area (Å²) in [6.45, 7) is 2.04. The number of hydrogen-bond donors (Lipinski definition) is 1. The standard InChI is InChI=1S/C13H15N3O/c1-10(11-6-3-4-8-15-11)16-13(14-2)12-7-5-9-17-12/h3-10H,1-2H3,(H,14,16)/t10-/m0/s1. The van der Waals surface area contributed by atoms with Gasteiger partial charge in [-0.25, -0.2) is 0 Å². The molecule has 0 spiro atoms. The number of hydrogen-bond acceptors (Lipinski definition) is 3. The molecule has 0 aliphatic heterocycles. The molecular formula is C13H15N3O. The smallest absolute Gasteiger partial charge is 0.168 e. The van der Waals surface area contributed by atoms with Crippen LogP contribution in [-0.2, 0) is 0 Å². The first-order chi connectivity index (χ1) is 8.31. The molecule has 2 rings (SSSR count). The van der Waals surface area contributed by atoms with Crippen molar-refractivity contribution < 1.29 is 4.42 Å². The van der Waals surface area contributed by atoms with Crippen molar-refractivity contribution in [2.75, 3.05) is 7.05 Å². The number of nitrogens with one attached hydrogen (secondary N) is 1. The van der Waals surface area contributed by atoms with Crippen molar-refractivity contribution in [2.45, 2.75) is 13.0 Å². The molecule has 4 nitrogen and oxygen atoms in total. The zero-order chi connectivity index (χ0) is 12.1. The Morgan fingerprint density at radius 3 is 2.82 bits per heavy atom. The number of aromatic nitrogens is 1. The summed E-state index contributed by atoms with van der Waals surface area (Å²) in [6, 6.07) is 9.65. The van der Waals surface area contributed by atoms with Gasteiger partial charge < -0.3 is 9.73 Å². The van der Waals surface area contributed by atoms with Crippen LogP contribution in [0.15, 0.2) is 52.2 Å². The van der Waals surface area contributed by atoms with E-state index in [9.17, 15) is 0 Å². The lowest BCUT2D eigenvalue weighted by Crippen LogP contribution is -2.27. The van der Waals surface area contributed by atoms with Crippen LogP contribution in [0.2, 0.25) is 0 Å². The van der Waals surface area contributed by atoms with E-state index in [0.29, 0.717) is 0 Å². The predicted molar refractivity (Wildman–Crippen MR) is 67.0 cm³/mol. The van der Waals surface area contributed by atoms with Gasteiger partial charge in [0.05, 0.1) is 18.0 Å². The van der Waals surface area contributed by atoms with Crippen molar-refractivity contribution in [1.82, 2.24) is 10.3 Å². The molecule has 1 atom stereocenters. The SMILES string of the molecule is CN=C(N[C@@H](C)c1ccccn1)c1ccco1. The zero-order valence-corrected chi connectivity index (χ0v) is 9.92. The van der Waals surface area contributed by atoms with Gasteiger partial charge >= 0.3 is 0 Å². The quantitative estimate of drug-likeness (QED) is 0.649. The molecule has 0 saturated heterocycles. The summed E-state index contributed by atoms with van der Waals surface area (Å²) in [5.74, 6) is 1.46. The van der Waals surface area contributed by atoms with Crippen molar-refractivity contribution in [3.63, 3.8) is 0 Å². The highest BCUT2D eigenvalue weighted by molar-refractivity contribution is 5.96. The van der Waals surface area contributed by atoms with Gasteiger partial charge in [0.2, 0.25) is 0 Å². The minimum atomic E-state index is 0.0833. The lowest BCUT2D eigenvalue weighted by atomic mass is 10.2. The summed E-state index contributed by atoms with van der Waals surface area (Å²) in [6.07, 6.45) is 3.41. The number of pyridine rings is 1. The Morgan fingerprint density at radius 1 is 1.35 bits per heavy atom. The van der Waals surface area contributed by atoms with Gasteiger partial charge in [-0.2, -0.15) is 0 Å². The normalized spacial score (nSPS) is 13.4. The van der Waals surface area contributed by atoms with Gasteiger partial charge in [0, 0.05) is 13.2 Å². The van der Waals surface area contributed by atoms with Crippen LogP contribution in [0.4, 0.5) is 0 Å². The van der Waals surface area contributed by atoms with Gasteiger partial charge in [-0.15, -0.1) is 0 Å². The van der Waals surface area contributed by atoms with Crippen LogP contribution in [0.3, 0.4) is 0 Å². The minimum absolute atomic E-state index is 0.0833. The van der Waals surface area contributed by atoms with Crippen molar-refractivity contribution in [2.24, 2.45) is 4.99 Å². The van der Waals surface area contributed by atoms with Gasteiger partial charge in [0.15, 0.2) is 11.6 Å².